The number of amides is 1. The van der Waals surface area contributed by atoms with Gasteiger partial charge in [-0.15, -0.1) is 0 Å². The molecule has 0 aromatic carbocycles. The van der Waals surface area contributed by atoms with Gasteiger partial charge in [0.25, 0.3) is 0 Å². The van der Waals surface area contributed by atoms with Gasteiger partial charge in [0.2, 0.25) is 5.91 Å². The molecule has 0 aromatic rings. The number of carbonyl (C=O) groups excluding carboxylic acids is 1. The summed E-state index contributed by atoms with van der Waals surface area (Å²) in [6.45, 7) is 2.95. The van der Waals surface area contributed by atoms with Crippen LogP contribution in [0.2, 0.25) is 0 Å². The van der Waals surface area contributed by atoms with Crippen LogP contribution < -0.4 is 5.73 Å². The van der Waals surface area contributed by atoms with Crippen molar-refractivity contribution in [2.45, 2.75) is 64.3 Å². The zero-order valence-electron chi connectivity index (χ0n) is 11.3. The number of rotatable bonds is 2. The monoisotopic (exact) mass is 268 g/mol. The zero-order chi connectivity index (χ0) is 13.2. The molecule has 2 fully saturated rings. The molecule has 18 heavy (non-hydrogen) atoms. The maximum absolute atomic E-state index is 12.8. The van der Waals surface area contributed by atoms with E-state index in [-0.39, 0.29) is 11.5 Å². The van der Waals surface area contributed by atoms with Crippen LogP contribution in [0.15, 0.2) is 0 Å². The number of nitrogens with zero attached hydrogens (tertiary/aromatic N) is 1. The van der Waals surface area contributed by atoms with Gasteiger partial charge in [-0.25, -0.2) is 0 Å². The second-order valence-electron chi connectivity index (χ2n) is 6.03. The van der Waals surface area contributed by atoms with Crippen LogP contribution in [0.4, 0.5) is 0 Å². The molecule has 2 aliphatic rings. The first kappa shape index (κ1) is 13.8. The quantitative estimate of drug-likeness (QED) is 0.783. The van der Waals surface area contributed by atoms with Crippen LogP contribution in [0, 0.1) is 5.41 Å². The van der Waals surface area contributed by atoms with Crippen LogP contribution in [-0.4, -0.2) is 28.4 Å². The highest BCUT2D eigenvalue weighted by atomic mass is 32.1. The number of thiocarbonyl (C=S) groups is 1. The van der Waals surface area contributed by atoms with Gasteiger partial charge in [-0.1, -0.05) is 38.4 Å². The summed E-state index contributed by atoms with van der Waals surface area (Å²) < 4.78 is 0. The first-order valence-electron chi connectivity index (χ1n) is 7.15. The molecule has 0 aromatic heterocycles. The van der Waals surface area contributed by atoms with Crippen molar-refractivity contribution in [2.75, 3.05) is 6.54 Å². The minimum Gasteiger partial charge on any atom is -0.392 e. The largest absolute Gasteiger partial charge is 0.392 e. The second kappa shape index (κ2) is 5.55. The third-order valence-electron chi connectivity index (χ3n) is 4.57. The molecule has 2 rings (SSSR count). The Labute approximate surface area is 115 Å². The van der Waals surface area contributed by atoms with Crippen molar-refractivity contribution in [1.82, 2.24) is 4.90 Å². The maximum Gasteiger partial charge on any atom is 0.229 e. The van der Waals surface area contributed by atoms with E-state index in [1.54, 1.807) is 0 Å². The van der Waals surface area contributed by atoms with Crippen LogP contribution in [0.5, 0.6) is 0 Å². The van der Waals surface area contributed by atoms with E-state index in [1.165, 1.54) is 19.3 Å². The lowest BCUT2D eigenvalue weighted by Crippen LogP contribution is -2.54. The van der Waals surface area contributed by atoms with Gasteiger partial charge < -0.3 is 10.6 Å². The van der Waals surface area contributed by atoms with Gasteiger partial charge in [0.15, 0.2) is 0 Å². The third-order valence-corrected chi connectivity index (χ3v) is 4.84. The summed E-state index contributed by atoms with van der Waals surface area (Å²) in [6.07, 6.45) is 8.81. The summed E-state index contributed by atoms with van der Waals surface area (Å²) >= 11 is 5.13. The second-order valence-corrected chi connectivity index (χ2v) is 6.51. The fraction of sp³-hybridized carbons (Fsp3) is 0.857. The molecule has 0 spiro atoms. The Morgan fingerprint density at radius 1 is 1.22 bits per heavy atom. The molecule has 2 N–H and O–H groups in total. The highest BCUT2D eigenvalue weighted by molar-refractivity contribution is 7.80. The molecule has 1 saturated heterocycles. The molecule has 1 heterocycles. The van der Waals surface area contributed by atoms with Crippen molar-refractivity contribution in [3.05, 3.63) is 0 Å². The van der Waals surface area contributed by atoms with E-state index in [0.29, 0.717) is 10.9 Å². The van der Waals surface area contributed by atoms with Crippen LogP contribution in [0.25, 0.3) is 0 Å². The molecule has 1 atom stereocenters. The zero-order valence-corrected chi connectivity index (χ0v) is 12.1. The molecule has 1 aliphatic carbocycles. The normalized spacial score (nSPS) is 27.8. The number of likely N-dealkylation sites (tertiary alicyclic amines) is 1. The van der Waals surface area contributed by atoms with Crippen LogP contribution in [0.1, 0.15) is 58.3 Å². The van der Waals surface area contributed by atoms with Crippen molar-refractivity contribution in [3.63, 3.8) is 0 Å². The van der Waals surface area contributed by atoms with E-state index in [1.807, 2.05) is 4.90 Å². The molecule has 3 nitrogen and oxygen atoms in total. The van der Waals surface area contributed by atoms with Crippen LogP contribution >= 0.6 is 12.2 Å². The third kappa shape index (κ3) is 2.68. The van der Waals surface area contributed by atoms with Crippen molar-refractivity contribution >= 4 is 23.1 Å². The molecular weight excluding hydrogens is 244 g/mol. The summed E-state index contributed by atoms with van der Waals surface area (Å²) in [5.74, 6) is 0.291. The van der Waals surface area contributed by atoms with Crippen molar-refractivity contribution in [3.8, 4) is 0 Å². The topological polar surface area (TPSA) is 46.3 Å². The lowest BCUT2D eigenvalue weighted by Gasteiger charge is -2.42. The highest BCUT2D eigenvalue weighted by Gasteiger charge is 2.41. The molecule has 0 radical (unpaired) electrons. The average molecular weight is 268 g/mol. The van der Waals surface area contributed by atoms with Crippen LogP contribution in [0.3, 0.4) is 0 Å². The molecule has 1 amide bonds. The number of carbonyl (C=O) groups is 1. The average Bonchev–Trinajstić information content (AvgIpc) is 2.38. The molecule has 1 aliphatic heterocycles. The number of hydrogen-bond donors (Lipinski definition) is 1. The van der Waals surface area contributed by atoms with E-state index < -0.39 is 0 Å². The summed E-state index contributed by atoms with van der Waals surface area (Å²) in [7, 11) is 0. The molecule has 102 valence electrons. The first-order chi connectivity index (χ1) is 8.54. The summed E-state index contributed by atoms with van der Waals surface area (Å²) in [5.41, 5.74) is 5.64. The van der Waals surface area contributed by atoms with Crippen molar-refractivity contribution in [2.24, 2.45) is 11.1 Å². The standard InChI is InChI=1S/C14H24N2OS/c1-14(8-4-2-5-9-14)13(17)16-10-6-3-7-11(16)12(15)18/h11H,2-10H2,1H3,(H2,15,18). The SMILES string of the molecule is CC1(C(=O)N2CCCCC2C(N)=S)CCCCC1. The van der Waals surface area contributed by atoms with Crippen molar-refractivity contribution in [1.29, 1.82) is 0 Å². The molecule has 4 heteroatoms. The Balaban J connectivity index is 2.12. The first-order valence-corrected chi connectivity index (χ1v) is 7.56. The number of nitrogens with two attached hydrogens (primary N) is 1. The van der Waals surface area contributed by atoms with Crippen molar-refractivity contribution < 1.29 is 4.79 Å². The fourth-order valence-corrected chi connectivity index (χ4v) is 3.61. The highest BCUT2D eigenvalue weighted by Crippen LogP contribution is 2.38. The number of hydrogen-bond acceptors (Lipinski definition) is 2. The number of piperidine rings is 1. The van der Waals surface area contributed by atoms with Gasteiger partial charge in [-0.2, -0.15) is 0 Å². The molecule has 0 bridgehead atoms. The van der Waals surface area contributed by atoms with E-state index >= 15 is 0 Å². The fourth-order valence-electron chi connectivity index (χ4n) is 3.36. The van der Waals surface area contributed by atoms with E-state index in [9.17, 15) is 4.79 Å². The Morgan fingerprint density at radius 2 is 1.89 bits per heavy atom. The predicted molar refractivity (Wildman–Crippen MR) is 77.3 cm³/mol. The maximum atomic E-state index is 12.8. The Bertz CT molecular complexity index is 337. The van der Waals surface area contributed by atoms with E-state index in [0.717, 1.165) is 38.6 Å². The predicted octanol–water partition coefficient (Wildman–Crippen LogP) is 2.62. The Morgan fingerprint density at radius 3 is 2.50 bits per heavy atom. The summed E-state index contributed by atoms with van der Waals surface area (Å²) in [6, 6.07) is 0.00000142. The van der Waals surface area contributed by atoms with Gasteiger partial charge in [-0.3, -0.25) is 4.79 Å². The smallest absolute Gasteiger partial charge is 0.229 e. The minimum absolute atomic E-state index is 0.00000142. The van der Waals surface area contributed by atoms with Gasteiger partial charge in [0, 0.05) is 12.0 Å². The Kier molecular flexibility index (Phi) is 4.25. The lowest BCUT2D eigenvalue weighted by molar-refractivity contribution is -0.145. The van der Waals surface area contributed by atoms with Gasteiger partial charge in [0.05, 0.1) is 11.0 Å². The molecule has 1 saturated carbocycles. The van der Waals surface area contributed by atoms with E-state index in [4.69, 9.17) is 18.0 Å². The lowest BCUT2D eigenvalue weighted by atomic mass is 9.74. The van der Waals surface area contributed by atoms with Gasteiger partial charge in [0.1, 0.15) is 0 Å². The van der Waals surface area contributed by atoms with Crippen LogP contribution in [-0.2, 0) is 4.79 Å². The summed E-state index contributed by atoms with van der Waals surface area (Å²) in [4.78, 5) is 15.3. The molecular formula is C14H24N2OS. The van der Waals surface area contributed by atoms with E-state index in [2.05, 4.69) is 6.92 Å². The molecule has 1 unspecified atom stereocenters. The minimum atomic E-state index is -0.168. The van der Waals surface area contributed by atoms with Gasteiger partial charge >= 0.3 is 0 Å². The Hall–Kier alpha value is -0.640. The van der Waals surface area contributed by atoms with Gasteiger partial charge in [-0.05, 0) is 32.1 Å². The summed E-state index contributed by atoms with van der Waals surface area (Å²) in [5, 5.41) is 0.